The lowest BCUT2D eigenvalue weighted by molar-refractivity contribution is -0.139. The predicted octanol–water partition coefficient (Wildman–Crippen LogP) is 0.920. The van der Waals surface area contributed by atoms with E-state index in [0.29, 0.717) is 12.2 Å². The molecule has 2 rings (SSSR count). The van der Waals surface area contributed by atoms with Gasteiger partial charge in [-0.1, -0.05) is 0 Å². The van der Waals surface area contributed by atoms with E-state index in [2.05, 4.69) is 9.97 Å². The lowest BCUT2D eigenvalue weighted by atomic mass is 10.0. The minimum atomic E-state index is -0.777. The molecule has 0 spiro atoms. The number of piperidine rings is 1. The van der Waals surface area contributed by atoms with Crippen molar-refractivity contribution in [1.82, 2.24) is 9.97 Å². The van der Waals surface area contributed by atoms with Crippen LogP contribution in [0.15, 0.2) is 18.6 Å². The highest BCUT2D eigenvalue weighted by molar-refractivity contribution is 5.77. The highest BCUT2D eigenvalue weighted by Gasteiger charge is 2.29. The molecule has 5 nitrogen and oxygen atoms in total. The summed E-state index contributed by atoms with van der Waals surface area (Å²) in [5.41, 5.74) is 0. The van der Waals surface area contributed by atoms with Gasteiger partial charge in [-0.05, 0) is 19.3 Å². The van der Waals surface area contributed by atoms with Crippen LogP contribution >= 0.6 is 0 Å². The minimum Gasteiger partial charge on any atom is -0.480 e. The van der Waals surface area contributed by atoms with E-state index >= 15 is 0 Å². The third kappa shape index (κ3) is 2.06. The van der Waals surface area contributed by atoms with Gasteiger partial charge in [0.2, 0.25) is 0 Å². The van der Waals surface area contributed by atoms with Crippen molar-refractivity contribution in [2.24, 2.45) is 0 Å². The summed E-state index contributed by atoms with van der Waals surface area (Å²) in [7, 11) is 0. The second-order valence-electron chi connectivity index (χ2n) is 3.61. The normalized spacial score (nSPS) is 21.3. The molecule has 1 aliphatic heterocycles. The molecule has 1 saturated heterocycles. The summed E-state index contributed by atoms with van der Waals surface area (Å²) in [6, 6.07) is -0.449. The molecular weight excluding hydrogens is 194 g/mol. The molecule has 1 aliphatic rings. The second-order valence-corrected chi connectivity index (χ2v) is 3.61. The van der Waals surface area contributed by atoms with Crippen LogP contribution in [0.25, 0.3) is 0 Å². The first-order valence-electron chi connectivity index (χ1n) is 5.04. The number of anilines is 1. The maximum Gasteiger partial charge on any atom is 0.326 e. The third-order valence-electron chi connectivity index (χ3n) is 2.63. The number of nitrogens with zero attached hydrogens (tertiary/aromatic N) is 3. The van der Waals surface area contributed by atoms with Crippen LogP contribution in [-0.4, -0.2) is 33.6 Å². The van der Waals surface area contributed by atoms with Crippen molar-refractivity contribution in [2.45, 2.75) is 25.3 Å². The van der Waals surface area contributed by atoms with Gasteiger partial charge >= 0.3 is 5.97 Å². The Labute approximate surface area is 87.8 Å². The molecule has 1 N–H and O–H groups in total. The standard InChI is InChI=1S/C10H13N3O2/c14-10(15)8-3-1-2-6-13(8)9-7-11-4-5-12-9/h4-5,7-8H,1-3,6H2,(H,14,15)/t8-/m1/s1. The largest absolute Gasteiger partial charge is 0.480 e. The van der Waals surface area contributed by atoms with Gasteiger partial charge in [0.25, 0.3) is 0 Å². The van der Waals surface area contributed by atoms with Gasteiger partial charge in [0.1, 0.15) is 11.9 Å². The van der Waals surface area contributed by atoms with Crippen LogP contribution in [0.2, 0.25) is 0 Å². The van der Waals surface area contributed by atoms with Crippen molar-refractivity contribution in [3.05, 3.63) is 18.6 Å². The van der Waals surface area contributed by atoms with Crippen LogP contribution < -0.4 is 4.90 Å². The lowest BCUT2D eigenvalue weighted by Crippen LogP contribution is -2.45. The van der Waals surface area contributed by atoms with Crippen LogP contribution in [-0.2, 0) is 4.79 Å². The molecule has 80 valence electrons. The summed E-state index contributed by atoms with van der Waals surface area (Å²) in [6.45, 7) is 0.746. The number of carboxylic acid groups (broad SMARTS) is 1. The summed E-state index contributed by atoms with van der Waals surface area (Å²) in [5.74, 6) is -0.120. The zero-order valence-electron chi connectivity index (χ0n) is 8.33. The number of aromatic nitrogens is 2. The zero-order valence-corrected chi connectivity index (χ0v) is 8.33. The van der Waals surface area contributed by atoms with E-state index in [1.165, 1.54) is 0 Å². The number of hydrogen-bond donors (Lipinski definition) is 1. The first kappa shape index (κ1) is 9.89. The molecule has 0 aromatic carbocycles. The highest BCUT2D eigenvalue weighted by Crippen LogP contribution is 2.22. The number of aliphatic carboxylic acids is 1. The molecule has 0 bridgehead atoms. The van der Waals surface area contributed by atoms with E-state index in [4.69, 9.17) is 5.11 Å². The monoisotopic (exact) mass is 207 g/mol. The fourth-order valence-electron chi connectivity index (χ4n) is 1.90. The Hall–Kier alpha value is -1.65. The minimum absolute atomic E-state index is 0.449. The molecule has 1 aromatic heterocycles. The Morgan fingerprint density at radius 3 is 3.00 bits per heavy atom. The Morgan fingerprint density at radius 2 is 2.33 bits per heavy atom. The molecule has 0 radical (unpaired) electrons. The van der Waals surface area contributed by atoms with Gasteiger partial charge in [-0.15, -0.1) is 0 Å². The van der Waals surface area contributed by atoms with Crippen LogP contribution in [0.1, 0.15) is 19.3 Å². The van der Waals surface area contributed by atoms with E-state index in [1.54, 1.807) is 18.6 Å². The quantitative estimate of drug-likeness (QED) is 0.781. The molecule has 0 saturated carbocycles. The number of rotatable bonds is 2. The summed E-state index contributed by atoms with van der Waals surface area (Å²) in [5, 5.41) is 9.08. The highest BCUT2D eigenvalue weighted by atomic mass is 16.4. The van der Waals surface area contributed by atoms with Crippen LogP contribution in [0.4, 0.5) is 5.82 Å². The maximum absolute atomic E-state index is 11.0. The average molecular weight is 207 g/mol. The molecule has 0 amide bonds. The van der Waals surface area contributed by atoms with Crippen molar-refractivity contribution < 1.29 is 9.90 Å². The van der Waals surface area contributed by atoms with Crippen LogP contribution in [0.3, 0.4) is 0 Å². The zero-order chi connectivity index (χ0) is 10.7. The third-order valence-corrected chi connectivity index (χ3v) is 2.63. The topological polar surface area (TPSA) is 66.3 Å². The first-order valence-corrected chi connectivity index (χ1v) is 5.04. The van der Waals surface area contributed by atoms with E-state index in [1.807, 2.05) is 4.90 Å². The molecule has 5 heteroatoms. The fourth-order valence-corrected chi connectivity index (χ4v) is 1.90. The average Bonchev–Trinajstić information content (AvgIpc) is 2.30. The summed E-state index contributed by atoms with van der Waals surface area (Å²) in [6.07, 6.45) is 7.45. The van der Waals surface area contributed by atoms with Gasteiger partial charge in [-0.25, -0.2) is 9.78 Å². The van der Waals surface area contributed by atoms with Crippen molar-refractivity contribution in [2.75, 3.05) is 11.4 Å². The molecule has 1 fully saturated rings. The van der Waals surface area contributed by atoms with E-state index in [-0.39, 0.29) is 0 Å². The molecule has 2 heterocycles. The number of hydrogen-bond acceptors (Lipinski definition) is 4. The van der Waals surface area contributed by atoms with Crippen molar-refractivity contribution >= 4 is 11.8 Å². The lowest BCUT2D eigenvalue weighted by Gasteiger charge is -2.33. The van der Waals surface area contributed by atoms with Crippen LogP contribution in [0.5, 0.6) is 0 Å². The number of carboxylic acids is 1. The molecule has 15 heavy (non-hydrogen) atoms. The van der Waals surface area contributed by atoms with Gasteiger partial charge < -0.3 is 10.0 Å². The van der Waals surface area contributed by atoms with Gasteiger partial charge in [0.05, 0.1) is 6.20 Å². The molecular formula is C10H13N3O2. The van der Waals surface area contributed by atoms with E-state index in [9.17, 15) is 4.79 Å². The van der Waals surface area contributed by atoms with Gasteiger partial charge in [0.15, 0.2) is 0 Å². The first-order chi connectivity index (χ1) is 7.29. The molecule has 1 atom stereocenters. The maximum atomic E-state index is 11.0. The van der Waals surface area contributed by atoms with Crippen LogP contribution in [0, 0.1) is 0 Å². The smallest absolute Gasteiger partial charge is 0.326 e. The van der Waals surface area contributed by atoms with Crippen molar-refractivity contribution in [3.63, 3.8) is 0 Å². The molecule has 0 unspecified atom stereocenters. The van der Waals surface area contributed by atoms with Gasteiger partial charge in [0, 0.05) is 18.9 Å². The molecule has 0 aliphatic carbocycles. The summed E-state index contributed by atoms with van der Waals surface area (Å²) < 4.78 is 0. The van der Waals surface area contributed by atoms with Crippen molar-refractivity contribution in [3.8, 4) is 0 Å². The molecule has 1 aromatic rings. The second kappa shape index (κ2) is 4.25. The Morgan fingerprint density at radius 1 is 1.47 bits per heavy atom. The number of carbonyl (C=O) groups is 1. The van der Waals surface area contributed by atoms with Crippen molar-refractivity contribution in [1.29, 1.82) is 0 Å². The fraction of sp³-hybridized carbons (Fsp3) is 0.500. The Kier molecular flexibility index (Phi) is 2.80. The summed E-state index contributed by atoms with van der Waals surface area (Å²) in [4.78, 5) is 21.0. The van der Waals surface area contributed by atoms with Gasteiger partial charge in [-0.3, -0.25) is 4.98 Å². The van der Waals surface area contributed by atoms with Gasteiger partial charge in [-0.2, -0.15) is 0 Å². The Balaban J connectivity index is 2.22. The predicted molar refractivity (Wildman–Crippen MR) is 54.7 cm³/mol. The van der Waals surface area contributed by atoms with E-state index < -0.39 is 12.0 Å². The SMILES string of the molecule is O=C(O)[C@H]1CCCCN1c1cnccn1. The Bertz CT molecular complexity index is 342. The summed E-state index contributed by atoms with van der Waals surface area (Å²) >= 11 is 0. The van der Waals surface area contributed by atoms with E-state index in [0.717, 1.165) is 19.4 Å².